The van der Waals surface area contributed by atoms with Crippen LogP contribution in [0.3, 0.4) is 0 Å². The quantitative estimate of drug-likeness (QED) is 0.698. The minimum absolute atomic E-state index is 0.0332. The molecular weight excluding hydrogens is 411 g/mol. The summed E-state index contributed by atoms with van der Waals surface area (Å²) in [5.74, 6) is 0.348. The molecule has 1 aromatic carbocycles. The Morgan fingerprint density at radius 2 is 1.90 bits per heavy atom. The number of aromatic nitrogens is 4. The molecule has 29 heavy (non-hydrogen) atoms. The van der Waals surface area contributed by atoms with Crippen molar-refractivity contribution in [3.05, 3.63) is 35.2 Å². The second-order valence-corrected chi connectivity index (χ2v) is 8.68. The lowest BCUT2D eigenvalue weighted by molar-refractivity contribution is -0.137. The summed E-state index contributed by atoms with van der Waals surface area (Å²) in [6.07, 6.45) is -4.68. The first-order valence-corrected chi connectivity index (χ1v) is 10.4. The van der Waals surface area contributed by atoms with Crippen molar-refractivity contribution in [2.45, 2.75) is 19.6 Å². The second kappa shape index (κ2) is 8.05. The molecule has 13 heteroatoms. The topological polar surface area (TPSA) is 108 Å². The highest BCUT2D eigenvalue weighted by molar-refractivity contribution is 7.89. The Bertz CT molecular complexity index is 1020. The molecule has 1 saturated heterocycles. The van der Waals surface area contributed by atoms with E-state index in [0.29, 0.717) is 32.0 Å². The number of hydrogen-bond acceptors (Lipinski definition) is 7. The summed E-state index contributed by atoms with van der Waals surface area (Å²) in [5, 5.41) is 20.1. The third kappa shape index (κ3) is 4.55. The molecule has 0 radical (unpaired) electrons. The first-order valence-electron chi connectivity index (χ1n) is 8.75. The Labute approximate surface area is 165 Å². The number of sulfonamides is 1. The summed E-state index contributed by atoms with van der Waals surface area (Å²) in [5.41, 5.74) is -1.45. The van der Waals surface area contributed by atoms with E-state index in [0.717, 1.165) is 12.1 Å². The Kier molecular flexibility index (Phi) is 5.87. The highest BCUT2D eigenvalue weighted by atomic mass is 32.2. The van der Waals surface area contributed by atoms with Gasteiger partial charge in [-0.3, -0.25) is 4.90 Å². The van der Waals surface area contributed by atoms with Gasteiger partial charge in [0.25, 0.3) is 0 Å². The lowest BCUT2D eigenvalue weighted by Gasteiger charge is -2.33. The van der Waals surface area contributed by atoms with Crippen LogP contribution in [0.2, 0.25) is 0 Å². The smallest absolute Gasteiger partial charge is 0.293 e. The largest absolute Gasteiger partial charge is 0.417 e. The number of tetrazole rings is 1. The lowest BCUT2D eigenvalue weighted by atomic mass is 10.1. The Hall–Kier alpha value is -2.56. The fourth-order valence-electron chi connectivity index (χ4n) is 3.05. The van der Waals surface area contributed by atoms with Gasteiger partial charge in [0.2, 0.25) is 10.0 Å². The Balaban J connectivity index is 1.79. The Morgan fingerprint density at radius 1 is 1.21 bits per heavy atom. The fourth-order valence-corrected chi connectivity index (χ4v) is 4.13. The second-order valence-electron chi connectivity index (χ2n) is 6.42. The third-order valence-electron chi connectivity index (χ3n) is 4.66. The molecule has 0 unspecified atom stereocenters. The molecular formula is C16H18F3N7O2S. The van der Waals surface area contributed by atoms with Gasteiger partial charge in [0.05, 0.1) is 35.2 Å². The molecule has 0 atom stereocenters. The molecule has 0 N–H and O–H groups in total. The number of benzene rings is 1. The van der Waals surface area contributed by atoms with Crippen molar-refractivity contribution >= 4 is 10.0 Å². The number of nitrogens with zero attached hydrogens (tertiary/aromatic N) is 7. The normalized spacial score (nSPS) is 16.7. The summed E-state index contributed by atoms with van der Waals surface area (Å²) >= 11 is 0. The Morgan fingerprint density at radius 3 is 2.48 bits per heavy atom. The fraction of sp³-hybridized carbons (Fsp3) is 0.500. The van der Waals surface area contributed by atoms with Crippen molar-refractivity contribution in [1.82, 2.24) is 29.4 Å². The molecule has 3 rings (SSSR count). The van der Waals surface area contributed by atoms with Crippen molar-refractivity contribution in [3.63, 3.8) is 0 Å². The molecule has 156 valence electrons. The van der Waals surface area contributed by atoms with E-state index in [4.69, 9.17) is 5.26 Å². The van der Waals surface area contributed by atoms with Gasteiger partial charge in [-0.2, -0.15) is 27.4 Å². The highest BCUT2D eigenvalue weighted by Gasteiger charge is 2.34. The molecule has 9 nitrogen and oxygen atoms in total. The van der Waals surface area contributed by atoms with Crippen molar-refractivity contribution < 1.29 is 21.6 Å². The summed E-state index contributed by atoms with van der Waals surface area (Å²) in [4.78, 5) is 1.93. The zero-order valence-electron chi connectivity index (χ0n) is 15.5. The van der Waals surface area contributed by atoms with Crippen LogP contribution in [0.25, 0.3) is 5.69 Å². The zero-order chi connectivity index (χ0) is 21.2. The molecule has 1 aromatic heterocycles. The summed E-state index contributed by atoms with van der Waals surface area (Å²) in [6.45, 7) is 3.39. The van der Waals surface area contributed by atoms with Crippen molar-refractivity contribution in [3.8, 4) is 11.8 Å². The van der Waals surface area contributed by atoms with E-state index >= 15 is 0 Å². The standard InChI is InChI=1S/C16H18F3N7O2S/c1-2-29(27,28)25-7-5-24(6-8-25)11-15-21-22-23-26(15)13-4-3-12(10-20)14(9-13)16(17,18)19/h3-4,9H,2,5-8,11H2,1H3. The predicted octanol–water partition coefficient (Wildman–Crippen LogP) is 1.02. The van der Waals surface area contributed by atoms with Crippen LogP contribution in [0.15, 0.2) is 18.2 Å². The van der Waals surface area contributed by atoms with Gasteiger partial charge in [0.15, 0.2) is 5.82 Å². The predicted molar refractivity (Wildman–Crippen MR) is 95.2 cm³/mol. The molecule has 0 aliphatic carbocycles. The number of halogens is 3. The van der Waals surface area contributed by atoms with E-state index in [1.165, 1.54) is 21.1 Å². The number of hydrogen-bond donors (Lipinski definition) is 0. The van der Waals surface area contributed by atoms with Gasteiger partial charge < -0.3 is 0 Å². The minimum Gasteiger partial charge on any atom is -0.293 e. The van der Waals surface area contributed by atoms with Crippen LogP contribution < -0.4 is 0 Å². The van der Waals surface area contributed by atoms with Crippen molar-refractivity contribution in [2.24, 2.45) is 0 Å². The van der Waals surface area contributed by atoms with Crippen molar-refractivity contribution in [2.75, 3.05) is 31.9 Å². The van der Waals surface area contributed by atoms with Crippen molar-refractivity contribution in [1.29, 1.82) is 5.26 Å². The van der Waals surface area contributed by atoms with Gasteiger partial charge >= 0.3 is 6.18 Å². The molecule has 2 heterocycles. The molecule has 1 aliphatic rings. The average Bonchev–Trinajstić information content (AvgIpc) is 3.15. The van der Waals surface area contributed by atoms with Crippen LogP contribution in [-0.2, 0) is 22.7 Å². The van der Waals surface area contributed by atoms with Crippen LogP contribution >= 0.6 is 0 Å². The summed E-state index contributed by atoms with van der Waals surface area (Å²) < 4.78 is 66.1. The van der Waals surface area contributed by atoms with Crippen LogP contribution in [0.4, 0.5) is 13.2 Å². The zero-order valence-corrected chi connectivity index (χ0v) is 16.3. The van der Waals surface area contributed by atoms with Gasteiger partial charge in [-0.1, -0.05) is 0 Å². The van der Waals surface area contributed by atoms with E-state index in [2.05, 4.69) is 15.5 Å². The lowest BCUT2D eigenvalue weighted by Crippen LogP contribution is -2.48. The first-order chi connectivity index (χ1) is 13.7. The van der Waals surface area contributed by atoms with Crippen LogP contribution in [0.1, 0.15) is 23.9 Å². The third-order valence-corrected chi connectivity index (χ3v) is 6.54. The highest BCUT2D eigenvalue weighted by Crippen LogP contribution is 2.33. The van der Waals surface area contributed by atoms with Gasteiger partial charge in [-0.25, -0.2) is 8.42 Å². The van der Waals surface area contributed by atoms with Gasteiger partial charge in [-0.05, 0) is 35.5 Å². The van der Waals surface area contributed by atoms with E-state index in [-0.39, 0.29) is 18.0 Å². The number of rotatable bonds is 5. The molecule has 1 aliphatic heterocycles. The maximum absolute atomic E-state index is 13.2. The number of alkyl halides is 3. The van der Waals surface area contributed by atoms with E-state index in [1.807, 2.05) is 4.90 Å². The SMILES string of the molecule is CCS(=O)(=O)N1CCN(Cc2nnnn2-c2ccc(C#N)c(C(F)(F)F)c2)CC1. The summed E-state index contributed by atoms with van der Waals surface area (Å²) in [6, 6.07) is 4.80. The molecule has 0 amide bonds. The van der Waals surface area contributed by atoms with E-state index in [1.54, 1.807) is 6.92 Å². The van der Waals surface area contributed by atoms with Crippen LogP contribution in [0, 0.1) is 11.3 Å². The molecule has 1 fully saturated rings. The minimum atomic E-state index is -4.68. The average molecular weight is 429 g/mol. The molecule has 0 saturated carbocycles. The maximum atomic E-state index is 13.2. The van der Waals surface area contributed by atoms with Gasteiger partial charge in [0, 0.05) is 26.2 Å². The molecule has 2 aromatic rings. The van der Waals surface area contributed by atoms with Gasteiger partial charge in [0.1, 0.15) is 0 Å². The summed E-state index contributed by atoms with van der Waals surface area (Å²) in [7, 11) is -3.25. The monoisotopic (exact) mass is 429 g/mol. The van der Waals surface area contributed by atoms with E-state index in [9.17, 15) is 21.6 Å². The first kappa shape index (κ1) is 21.2. The number of piperazine rings is 1. The van der Waals surface area contributed by atoms with Crippen LogP contribution in [-0.4, -0.2) is 69.8 Å². The maximum Gasteiger partial charge on any atom is 0.417 e. The van der Waals surface area contributed by atoms with Gasteiger partial charge in [-0.15, -0.1) is 5.10 Å². The van der Waals surface area contributed by atoms with Crippen LogP contribution in [0.5, 0.6) is 0 Å². The molecule has 0 spiro atoms. The number of nitriles is 1. The van der Waals surface area contributed by atoms with E-state index < -0.39 is 27.3 Å². The molecule has 0 bridgehead atoms.